The second kappa shape index (κ2) is 11.0. The molecule has 7 nitrogen and oxygen atoms in total. The van der Waals surface area contributed by atoms with Crippen molar-refractivity contribution in [2.24, 2.45) is 0 Å². The second-order valence-corrected chi connectivity index (χ2v) is 7.53. The molecular weight excluding hydrogens is 378 g/mol. The van der Waals surface area contributed by atoms with Crippen LogP contribution in [-0.2, 0) is 14.8 Å². The van der Waals surface area contributed by atoms with E-state index in [1.54, 1.807) is 36.4 Å². The van der Waals surface area contributed by atoms with Crippen LogP contribution in [0.1, 0.15) is 22.3 Å². The van der Waals surface area contributed by atoms with E-state index in [2.05, 4.69) is 15.4 Å². The minimum Gasteiger partial charge on any atom is -0.354 e. The number of nitrogens with one attached hydrogen (secondary N) is 3. The summed E-state index contributed by atoms with van der Waals surface area (Å²) in [4.78, 5) is 23.6. The van der Waals surface area contributed by atoms with Gasteiger partial charge in [0.2, 0.25) is 15.9 Å². The summed E-state index contributed by atoms with van der Waals surface area (Å²) in [7, 11) is -3.61. The molecule has 0 aliphatic rings. The predicted octanol–water partition coefficient (Wildman–Crippen LogP) is 1.51. The highest BCUT2D eigenvalue weighted by atomic mass is 32.2. The molecular formula is C20H23N3O4S. The van der Waals surface area contributed by atoms with Gasteiger partial charge in [-0.2, -0.15) is 0 Å². The van der Waals surface area contributed by atoms with Crippen molar-refractivity contribution in [3.8, 4) is 0 Å². The van der Waals surface area contributed by atoms with Crippen LogP contribution in [0, 0.1) is 0 Å². The van der Waals surface area contributed by atoms with E-state index >= 15 is 0 Å². The van der Waals surface area contributed by atoms with E-state index in [4.69, 9.17) is 0 Å². The molecule has 148 valence electrons. The van der Waals surface area contributed by atoms with E-state index in [1.807, 2.05) is 24.3 Å². The summed E-state index contributed by atoms with van der Waals surface area (Å²) in [6.45, 7) is 0.534. The quantitative estimate of drug-likeness (QED) is 0.525. The van der Waals surface area contributed by atoms with Gasteiger partial charge in [-0.25, -0.2) is 13.1 Å². The highest BCUT2D eigenvalue weighted by Crippen LogP contribution is 2.02. The molecule has 3 N–H and O–H groups in total. The molecule has 0 aromatic heterocycles. The summed E-state index contributed by atoms with van der Waals surface area (Å²) in [6.07, 6.45) is 1.49. The standard InChI is InChI=1S/C20H23N3O4S/c24-19(21-14-15-22-20(25)18-9-5-2-6-10-18)11-13-23-28(26,27)16-12-17-7-3-1-4-8-17/h1-10,12,16,23H,11,13-15H2,(H,21,24)(H,22,25). The van der Waals surface area contributed by atoms with Crippen LogP contribution in [0.5, 0.6) is 0 Å². The first-order valence-corrected chi connectivity index (χ1v) is 10.3. The molecule has 0 saturated heterocycles. The Hall–Kier alpha value is -2.97. The average molecular weight is 401 g/mol. The first-order valence-electron chi connectivity index (χ1n) is 8.79. The third-order valence-electron chi connectivity index (χ3n) is 3.66. The third kappa shape index (κ3) is 8.15. The Bertz CT molecular complexity index is 898. The molecule has 2 rings (SSSR count). The molecule has 2 aromatic rings. The zero-order valence-corrected chi connectivity index (χ0v) is 16.1. The molecule has 2 aromatic carbocycles. The van der Waals surface area contributed by atoms with Gasteiger partial charge >= 0.3 is 0 Å². The van der Waals surface area contributed by atoms with E-state index in [0.29, 0.717) is 5.56 Å². The van der Waals surface area contributed by atoms with Crippen molar-refractivity contribution in [2.45, 2.75) is 6.42 Å². The molecule has 28 heavy (non-hydrogen) atoms. The lowest BCUT2D eigenvalue weighted by atomic mass is 10.2. The lowest BCUT2D eigenvalue weighted by Crippen LogP contribution is -2.36. The second-order valence-electron chi connectivity index (χ2n) is 5.87. The maximum Gasteiger partial charge on any atom is 0.251 e. The number of carbonyl (C=O) groups is 2. The van der Waals surface area contributed by atoms with Crippen LogP contribution in [0.25, 0.3) is 6.08 Å². The van der Waals surface area contributed by atoms with Crippen molar-refractivity contribution >= 4 is 27.9 Å². The monoisotopic (exact) mass is 401 g/mol. The van der Waals surface area contributed by atoms with Crippen LogP contribution in [0.2, 0.25) is 0 Å². The minimum atomic E-state index is -3.61. The first-order chi connectivity index (χ1) is 13.5. The summed E-state index contributed by atoms with van der Waals surface area (Å²) < 4.78 is 26.1. The van der Waals surface area contributed by atoms with Gasteiger partial charge in [0.1, 0.15) is 0 Å². The Morgan fingerprint density at radius 2 is 1.43 bits per heavy atom. The van der Waals surface area contributed by atoms with Crippen molar-refractivity contribution < 1.29 is 18.0 Å². The summed E-state index contributed by atoms with van der Waals surface area (Å²) in [5.74, 6) is -0.517. The first kappa shape index (κ1) is 21.3. The maximum atomic E-state index is 11.9. The summed E-state index contributed by atoms with van der Waals surface area (Å²) in [5.41, 5.74) is 1.31. The lowest BCUT2D eigenvalue weighted by molar-refractivity contribution is -0.120. The van der Waals surface area contributed by atoms with Crippen molar-refractivity contribution in [1.29, 1.82) is 0 Å². The molecule has 0 fully saturated rings. The topological polar surface area (TPSA) is 104 Å². The molecule has 0 bridgehead atoms. The van der Waals surface area contributed by atoms with Crippen molar-refractivity contribution in [2.75, 3.05) is 19.6 Å². The smallest absolute Gasteiger partial charge is 0.251 e. The van der Waals surface area contributed by atoms with Gasteiger partial charge < -0.3 is 10.6 Å². The van der Waals surface area contributed by atoms with Gasteiger partial charge in [0.25, 0.3) is 5.91 Å². The number of carbonyl (C=O) groups excluding carboxylic acids is 2. The number of sulfonamides is 1. The molecule has 8 heteroatoms. The number of hydrogen-bond donors (Lipinski definition) is 3. The number of amides is 2. The van der Waals surface area contributed by atoms with Gasteiger partial charge in [-0.05, 0) is 23.8 Å². The van der Waals surface area contributed by atoms with Crippen LogP contribution >= 0.6 is 0 Å². The van der Waals surface area contributed by atoms with Gasteiger partial charge in [-0.1, -0.05) is 48.5 Å². The van der Waals surface area contributed by atoms with Crippen LogP contribution in [0.4, 0.5) is 0 Å². The summed E-state index contributed by atoms with van der Waals surface area (Å²) >= 11 is 0. The lowest BCUT2D eigenvalue weighted by Gasteiger charge is -2.07. The van der Waals surface area contributed by atoms with Crippen LogP contribution in [0.15, 0.2) is 66.1 Å². The fourth-order valence-electron chi connectivity index (χ4n) is 2.25. The molecule has 0 radical (unpaired) electrons. The van der Waals surface area contributed by atoms with Crippen molar-refractivity contribution in [3.05, 3.63) is 77.2 Å². The highest BCUT2D eigenvalue weighted by molar-refractivity contribution is 7.92. The molecule has 0 spiro atoms. The molecule has 0 saturated carbocycles. The van der Waals surface area contributed by atoms with E-state index in [-0.39, 0.29) is 37.9 Å². The molecule has 2 amide bonds. The van der Waals surface area contributed by atoms with Gasteiger partial charge in [-0.15, -0.1) is 0 Å². The van der Waals surface area contributed by atoms with Gasteiger partial charge in [0.05, 0.1) is 0 Å². The number of rotatable bonds is 10. The Kier molecular flexibility index (Phi) is 8.38. The van der Waals surface area contributed by atoms with E-state index in [0.717, 1.165) is 11.0 Å². The fraction of sp³-hybridized carbons (Fsp3) is 0.200. The minimum absolute atomic E-state index is 0.00500. The van der Waals surface area contributed by atoms with Gasteiger partial charge in [0.15, 0.2) is 0 Å². The average Bonchev–Trinajstić information content (AvgIpc) is 2.71. The Morgan fingerprint density at radius 3 is 2.11 bits per heavy atom. The fourth-order valence-corrected chi connectivity index (χ4v) is 3.06. The van der Waals surface area contributed by atoms with Crippen LogP contribution in [-0.4, -0.2) is 39.9 Å². The Balaban J connectivity index is 1.61. The zero-order chi connectivity index (χ0) is 20.2. The normalized spacial score (nSPS) is 11.3. The predicted molar refractivity (Wildman–Crippen MR) is 109 cm³/mol. The van der Waals surface area contributed by atoms with Crippen LogP contribution < -0.4 is 15.4 Å². The van der Waals surface area contributed by atoms with Gasteiger partial charge in [-0.3, -0.25) is 9.59 Å². The number of hydrogen-bond acceptors (Lipinski definition) is 4. The van der Waals surface area contributed by atoms with E-state index < -0.39 is 10.0 Å². The Morgan fingerprint density at radius 1 is 0.821 bits per heavy atom. The maximum absolute atomic E-state index is 11.9. The van der Waals surface area contributed by atoms with Gasteiger partial charge in [0, 0.05) is 37.0 Å². The van der Waals surface area contributed by atoms with Crippen molar-refractivity contribution in [1.82, 2.24) is 15.4 Å². The summed E-state index contributed by atoms with van der Waals surface area (Å²) in [5, 5.41) is 6.39. The third-order valence-corrected chi connectivity index (χ3v) is 4.76. The van der Waals surface area contributed by atoms with E-state index in [1.165, 1.54) is 6.08 Å². The zero-order valence-electron chi connectivity index (χ0n) is 15.3. The SMILES string of the molecule is O=C(CCNS(=O)(=O)C=Cc1ccccc1)NCCNC(=O)c1ccccc1. The molecule has 0 heterocycles. The van der Waals surface area contributed by atoms with E-state index in [9.17, 15) is 18.0 Å². The summed E-state index contributed by atoms with van der Waals surface area (Å²) in [6, 6.07) is 17.8. The molecule has 0 aliphatic carbocycles. The Labute approximate surface area is 164 Å². The molecule has 0 unspecified atom stereocenters. The highest BCUT2D eigenvalue weighted by Gasteiger charge is 2.07. The van der Waals surface area contributed by atoms with Crippen LogP contribution in [0.3, 0.4) is 0 Å². The molecule has 0 atom stereocenters. The molecule has 0 aliphatic heterocycles. The number of benzene rings is 2. The van der Waals surface area contributed by atoms with Crippen molar-refractivity contribution in [3.63, 3.8) is 0 Å². The largest absolute Gasteiger partial charge is 0.354 e.